The van der Waals surface area contributed by atoms with Gasteiger partial charge in [-0.05, 0) is 17.7 Å². The second-order valence-corrected chi connectivity index (χ2v) is 3.55. The first-order valence-electron chi connectivity index (χ1n) is 3.60. The Morgan fingerprint density at radius 3 is 2.67 bits per heavy atom. The molecule has 0 spiro atoms. The van der Waals surface area contributed by atoms with Gasteiger partial charge in [-0.25, -0.2) is 0 Å². The van der Waals surface area contributed by atoms with Crippen molar-refractivity contribution in [1.82, 2.24) is 0 Å². The van der Waals surface area contributed by atoms with Crippen LogP contribution in [0.5, 0.6) is 0 Å². The van der Waals surface area contributed by atoms with Gasteiger partial charge in [-0.1, -0.05) is 35.0 Å². The first-order valence-corrected chi connectivity index (χ1v) is 4.39. The normalized spacial score (nSPS) is 11.9. The largest absolute Gasteiger partial charge is 0.396 e. The first kappa shape index (κ1) is 11.9. The fraction of sp³-hybridized carbons (Fsp3) is 0.333. The summed E-state index contributed by atoms with van der Waals surface area (Å²) in [6, 6.07) is 8.01. The molecule has 1 aromatic rings. The van der Waals surface area contributed by atoms with Crippen LogP contribution in [0.15, 0.2) is 28.7 Å². The molecule has 0 saturated carbocycles. The average molecular weight is 252 g/mol. The second kappa shape index (κ2) is 5.57. The molecule has 1 aromatic carbocycles. The highest BCUT2D eigenvalue weighted by molar-refractivity contribution is 9.10. The van der Waals surface area contributed by atoms with Crippen LogP contribution >= 0.6 is 28.3 Å². The molecule has 1 N–H and O–H groups in total. The number of halogens is 2. The molecule has 0 aliphatic heterocycles. The average Bonchev–Trinajstić information content (AvgIpc) is 2.03. The van der Waals surface area contributed by atoms with E-state index in [0.29, 0.717) is 0 Å². The van der Waals surface area contributed by atoms with E-state index in [4.69, 9.17) is 5.11 Å². The van der Waals surface area contributed by atoms with E-state index in [1.807, 2.05) is 31.2 Å². The van der Waals surface area contributed by atoms with E-state index < -0.39 is 0 Å². The van der Waals surface area contributed by atoms with Crippen LogP contribution < -0.4 is 0 Å². The van der Waals surface area contributed by atoms with E-state index in [2.05, 4.69) is 15.9 Å². The van der Waals surface area contributed by atoms with Gasteiger partial charge in [0.05, 0.1) is 0 Å². The molecule has 0 aliphatic rings. The van der Waals surface area contributed by atoms with Crippen LogP contribution in [0.4, 0.5) is 0 Å². The monoisotopic (exact) mass is 250 g/mol. The Morgan fingerprint density at radius 2 is 2.17 bits per heavy atom. The molecular formula is C9H12BrClO. The molecule has 0 heterocycles. The van der Waals surface area contributed by atoms with Gasteiger partial charge in [0.25, 0.3) is 0 Å². The molecule has 68 valence electrons. The molecule has 0 aliphatic carbocycles. The van der Waals surface area contributed by atoms with Crippen molar-refractivity contribution in [1.29, 1.82) is 0 Å². The standard InChI is InChI=1S/C9H11BrO.ClH/c1-7(6-11)8-3-2-4-9(10)5-8;/h2-5,7,11H,6H2,1H3;1H. The summed E-state index contributed by atoms with van der Waals surface area (Å²) in [5.74, 6) is 0.229. The smallest absolute Gasteiger partial charge is 0.0497 e. The van der Waals surface area contributed by atoms with E-state index in [1.165, 1.54) is 5.56 Å². The molecule has 0 saturated heterocycles. The number of aliphatic hydroxyl groups is 1. The number of aliphatic hydroxyl groups excluding tert-OH is 1. The summed E-state index contributed by atoms with van der Waals surface area (Å²) in [6.45, 7) is 2.21. The Morgan fingerprint density at radius 1 is 1.50 bits per heavy atom. The van der Waals surface area contributed by atoms with E-state index in [9.17, 15) is 0 Å². The summed E-state index contributed by atoms with van der Waals surface area (Å²) in [7, 11) is 0. The minimum absolute atomic E-state index is 0. The molecule has 12 heavy (non-hydrogen) atoms. The highest BCUT2D eigenvalue weighted by Crippen LogP contribution is 2.18. The summed E-state index contributed by atoms with van der Waals surface area (Å²) < 4.78 is 1.07. The Kier molecular flexibility index (Phi) is 5.55. The van der Waals surface area contributed by atoms with Crippen LogP contribution in [0.1, 0.15) is 18.4 Å². The van der Waals surface area contributed by atoms with Crippen molar-refractivity contribution in [3.8, 4) is 0 Å². The third kappa shape index (κ3) is 3.13. The van der Waals surface area contributed by atoms with Gasteiger partial charge in [-0.2, -0.15) is 0 Å². The van der Waals surface area contributed by atoms with Crippen LogP contribution in [0.2, 0.25) is 0 Å². The first-order chi connectivity index (χ1) is 5.24. The zero-order valence-corrected chi connectivity index (χ0v) is 9.23. The summed E-state index contributed by atoms with van der Waals surface area (Å²) >= 11 is 3.38. The van der Waals surface area contributed by atoms with Gasteiger partial charge in [0.1, 0.15) is 0 Å². The molecule has 1 rings (SSSR count). The summed E-state index contributed by atoms with van der Waals surface area (Å²) in [4.78, 5) is 0. The van der Waals surface area contributed by atoms with Gasteiger partial charge in [0.15, 0.2) is 0 Å². The van der Waals surface area contributed by atoms with Gasteiger partial charge in [-0.3, -0.25) is 0 Å². The van der Waals surface area contributed by atoms with E-state index in [1.54, 1.807) is 0 Å². The molecular weight excluding hydrogens is 239 g/mol. The molecule has 0 bridgehead atoms. The molecule has 0 amide bonds. The summed E-state index contributed by atoms with van der Waals surface area (Å²) in [5.41, 5.74) is 1.17. The highest BCUT2D eigenvalue weighted by atomic mass is 79.9. The van der Waals surface area contributed by atoms with Crippen molar-refractivity contribution < 1.29 is 5.11 Å². The molecule has 1 unspecified atom stereocenters. The second-order valence-electron chi connectivity index (χ2n) is 2.64. The van der Waals surface area contributed by atoms with Crippen molar-refractivity contribution in [3.63, 3.8) is 0 Å². The predicted molar refractivity (Wildman–Crippen MR) is 56.9 cm³/mol. The molecule has 0 aromatic heterocycles. The van der Waals surface area contributed by atoms with Gasteiger partial charge in [0, 0.05) is 17.0 Å². The lowest BCUT2D eigenvalue weighted by Crippen LogP contribution is -1.97. The quantitative estimate of drug-likeness (QED) is 0.857. The maximum absolute atomic E-state index is 8.86. The van der Waals surface area contributed by atoms with Crippen LogP contribution in [0.25, 0.3) is 0 Å². The molecule has 1 nitrogen and oxygen atoms in total. The third-order valence-corrected chi connectivity index (χ3v) is 2.18. The van der Waals surface area contributed by atoms with E-state index >= 15 is 0 Å². The molecule has 0 fully saturated rings. The maximum Gasteiger partial charge on any atom is 0.0497 e. The van der Waals surface area contributed by atoms with Crippen molar-refractivity contribution in [3.05, 3.63) is 34.3 Å². The van der Waals surface area contributed by atoms with Gasteiger partial charge in [0.2, 0.25) is 0 Å². The van der Waals surface area contributed by atoms with Gasteiger partial charge < -0.3 is 5.11 Å². The van der Waals surface area contributed by atoms with Crippen molar-refractivity contribution in [2.24, 2.45) is 0 Å². The van der Waals surface area contributed by atoms with E-state index in [0.717, 1.165) is 4.47 Å². The van der Waals surface area contributed by atoms with Crippen LogP contribution in [-0.2, 0) is 0 Å². The Labute approximate surface area is 87.3 Å². The zero-order chi connectivity index (χ0) is 8.27. The van der Waals surface area contributed by atoms with Crippen molar-refractivity contribution in [2.75, 3.05) is 6.61 Å². The minimum Gasteiger partial charge on any atom is -0.396 e. The third-order valence-electron chi connectivity index (χ3n) is 1.69. The number of hydrogen-bond donors (Lipinski definition) is 1. The Hall–Kier alpha value is -0.0500. The lowest BCUT2D eigenvalue weighted by Gasteiger charge is -2.07. The number of rotatable bonds is 2. The molecule has 1 atom stereocenters. The van der Waals surface area contributed by atoms with Crippen molar-refractivity contribution >= 4 is 28.3 Å². The minimum atomic E-state index is 0. The van der Waals surface area contributed by atoms with Crippen LogP contribution in [0.3, 0.4) is 0 Å². The maximum atomic E-state index is 8.86. The van der Waals surface area contributed by atoms with E-state index in [-0.39, 0.29) is 24.9 Å². The predicted octanol–water partition coefficient (Wildman–Crippen LogP) is 2.97. The topological polar surface area (TPSA) is 20.2 Å². The van der Waals surface area contributed by atoms with Gasteiger partial charge in [-0.15, -0.1) is 12.4 Å². The Bertz CT molecular complexity index is 240. The fourth-order valence-electron chi connectivity index (χ4n) is 0.919. The van der Waals surface area contributed by atoms with Crippen LogP contribution in [0, 0.1) is 0 Å². The van der Waals surface area contributed by atoms with Crippen LogP contribution in [-0.4, -0.2) is 11.7 Å². The lowest BCUT2D eigenvalue weighted by atomic mass is 10.0. The fourth-order valence-corrected chi connectivity index (χ4v) is 1.34. The summed E-state index contributed by atoms with van der Waals surface area (Å²) in [5, 5.41) is 8.86. The van der Waals surface area contributed by atoms with Gasteiger partial charge >= 0.3 is 0 Å². The Balaban J connectivity index is 0.00000121. The highest BCUT2D eigenvalue weighted by Gasteiger charge is 2.02. The number of hydrogen-bond acceptors (Lipinski definition) is 1. The summed E-state index contributed by atoms with van der Waals surface area (Å²) in [6.07, 6.45) is 0. The zero-order valence-electron chi connectivity index (χ0n) is 6.83. The molecule has 0 radical (unpaired) electrons. The lowest BCUT2D eigenvalue weighted by molar-refractivity contribution is 0.273. The number of benzene rings is 1. The molecule has 3 heteroatoms. The SMILES string of the molecule is CC(CO)c1cccc(Br)c1.Cl. The van der Waals surface area contributed by atoms with Crippen molar-refractivity contribution in [2.45, 2.75) is 12.8 Å².